The first-order chi connectivity index (χ1) is 11.6. The van der Waals surface area contributed by atoms with Gasteiger partial charge < -0.3 is 10.6 Å². The van der Waals surface area contributed by atoms with Crippen molar-refractivity contribution in [2.45, 2.75) is 37.8 Å². The van der Waals surface area contributed by atoms with Gasteiger partial charge in [0, 0.05) is 25.3 Å². The zero-order valence-corrected chi connectivity index (χ0v) is 14.8. The molecule has 0 radical (unpaired) electrons. The lowest BCUT2D eigenvalue weighted by Gasteiger charge is -2.27. The second-order valence-corrected chi connectivity index (χ2v) is 7.13. The molecule has 1 aliphatic rings. The largest absolute Gasteiger partial charge is 0.370 e. The van der Waals surface area contributed by atoms with Crippen molar-refractivity contribution in [3.63, 3.8) is 0 Å². The normalized spacial score (nSPS) is 14.8. The summed E-state index contributed by atoms with van der Waals surface area (Å²) < 4.78 is 2.09. The van der Waals surface area contributed by atoms with Crippen LogP contribution >= 0.6 is 11.8 Å². The second kappa shape index (κ2) is 7.70. The first-order valence-corrected chi connectivity index (χ1v) is 9.32. The van der Waals surface area contributed by atoms with Crippen LogP contribution in [0.15, 0.2) is 29.4 Å². The van der Waals surface area contributed by atoms with Gasteiger partial charge in [-0.3, -0.25) is 9.36 Å². The Morgan fingerprint density at radius 1 is 1.17 bits per heavy atom. The van der Waals surface area contributed by atoms with E-state index in [0.29, 0.717) is 12.2 Å². The minimum absolute atomic E-state index is 0.292. The lowest BCUT2D eigenvalue weighted by molar-refractivity contribution is -0.117. The summed E-state index contributed by atoms with van der Waals surface area (Å²) in [6.07, 6.45) is 3.98. The molecular formula is C17H23N5OS. The molecule has 0 unspecified atom stereocenters. The molecule has 1 saturated heterocycles. The van der Waals surface area contributed by atoms with E-state index in [0.717, 1.165) is 29.9 Å². The highest BCUT2D eigenvalue weighted by Crippen LogP contribution is 2.28. The predicted molar refractivity (Wildman–Crippen MR) is 96.7 cm³/mol. The lowest BCUT2D eigenvalue weighted by atomic mass is 10.1. The molecule has 0 spiro atoms. The Labute approximate surface area is 146 Å². The van der Waals surface area contributed by atoms with E-state index in [1.165, 1.54) is 36.6 Å². The quantitative estimate of drug-likeness (QED) is 0.814. The number of anilines is 1. The molecule has 2 N–H and O–H groups in total. The van der Waals surface area contributed by atoms with E-state index < -0.39 is 0 Å². The Hall–Kier alpha value is -2.02. The SMILES string of the molecule is Cc1ccc(-n2c(SCCC(N)=O)nnc2N2CCCCC2)cc1. The number of hydrogen-bond donors (Lipinski definition) is 1. The lowest BCUT2D eigenvalue weighted by Crippen LogP contribution is -2.31. The summed E-state index contributed by atoms with van der Waals surface area (Å²) in [6, 6.07) is 8.36. The number of piperidine rings is 1. The Kier molecular flexibility index (Phi) is 5.40. The van der Waals surface area contributed by atoms with Gasteiger partial charge in [-0.2, -0.15) is 0 Å². The van der Waals surface area contributed by atoms with Gasteiger partial charge in [0.05, 0.1) is 5.69 Å². The number of hydrogen-bond acceptors (Lipinski definition) is 5. The van der Waals surface area contributed by atoms with E-state index in [9.17, 15) is 4.79 Å². The van der Waals surface area contributed by atoms with Gasteiger partial charge in [-0.1, -0.05) is 29.5 Å². The maximum Gasteiger partial charge on any atom is 0.232 e. The molecule has 3 rings (SSSR count). The van der Waals surface area contributed by atoms with Crippen molar-refractivity contribution in [2.75, 3.05) is 23.7 Å². The Morgan fingerprint density at radius 2 is 1.88 bits per heavy atom. The molecule has 0 saturated carbocycles. The third-order valence-electron chi connectivity index (χ3n) is 4.13. The summed E-state index contributed by atoms with van der Waals surface area (Å²) in [7, 11) is 0. The third kappa shape index (κ3) is 3.90. The monoisotopic (exact) mass is 345 g/mol. The topological polar surface area (TPSA) is 77.0 Å². The number of benzene rings is 1. The Bertz CT molecular complexity index is 692. The first-order valence-electron chi connectivity index (χ1n) is 8.33. The highest BCUT2D eigenvalue weighted by molar-refractivity contribution is 7.99. The molecular weight excluding hydrogens is 322 g/mol. The number of nitrogens with two attached hydrogens (primary N) is 1. The highest BCUT2D eigenvalue weighted by atomic mass is 32.2. The first kappa shape index (κ1) is 16.8. The van der Waals surface area contributed by atoms with Crippen molar-refractivity contribution >= 4 is 23.6 Å². The number of aryl methyl sites for hydroxylation is 1. The third-order valence-corrected chi connectivity index (χ3v) is 5.06. The number of carbonyl (C=O) groups is 1. The van der Waals surface area contributed by atoms with Crippen LogP contribution in [0.1, 0.15) is 31.2 Å². The predicted octanol–water partition coefficient (Wildman–Crippen LogP) is 2.53. The van der Waals surface area contributed by atoms with Crippen LogP contribution in [0.3, 0.4) is 0 Å². The van der Waals surface area contributed by atoms with Gasteiger partial charge >= 0.3 is 0 Å². The van der Waals surface area contributed by atoms with Crippen molar-refractivity contribution in [1.82, 2.24) is 14.8 Å². The molecule has 1 fully saturated rings. The van der Waals surface area contributed by atoms with Gasteiger partial charge in [0.25, 0.3) is 0 Å². The molecule has 1 aromatic carbocycles. The van der Waals surface area contributed by atoms with Crippen LogP contribution in [0.25, 0.3) is 5.69 Å². The van der Waals surface area contributed by atoms with Gasteiger partial charge in [-0.25, -0.2) is 0 Å². The van der Waals surface area contributed by atoms with E-state index >= 15 is 0 Å². The van der Waals surface area contributed by atoms with Crippen LogP contribution in [0.2, 0.25) is 0 Å². The molecule has 1 aliphatic heterocycles. The second-order valence-electron chi connectivity index (χ2n) is 6.07. The van der Waals surface area contributed by atoms with E-state index in [-0.39, 0.29) is 5.91 Å². The Morgan fingerprint density at radius 3 is 2.54 bits per heavy atom. The van der Waals surface area contributed by atoms with Crippen LogP contribution in [0.5, 0.6) is 0 Å². The zero-order valence-electron chi connectivity index (χ0n) is 13.9. The number of rotatable bonds is 6. The molecule has 128 valence electrons. The van der Waals surface area contributed by atoms with Crippen molar-refractivity contribution in [3.8, 4) is 5.69 Å². The number of primary amides is 1. The molecule has 7 heteroatoms. The van der Waals surface area contributed by atoms with E-state index in [1.54, 1.807) is 0 Å². The average Bonchev–Trinajstić information content (AvgIpc) is 3.00. The molecule has 1 aromatic heterocycles. The molecule has 2 aromatic rings. The Balaban J connectivity index is 1.91. The average molecular weight is 345 g/mol. The molecule has 0 bridgehead atoms. The van der Waals surface area contributed by atoms with E-state index in [2.05, 4.69) is 50.9 Å². The van der Waals surface area contributed by atoms with Crippen LogP contribution in [0, 0.1) is 6.92 Å². The molecule has 1 amide bonds. The van der Waals surface area contributed by atoms with Crippen molar-refractivity contribution in [2.24, 2.45) is 5.73 Å². The van der Waals surface area contributed by atoms with Gasteiger partial charge in [-0.05, 0) is 38.3 Å². The van der Waals surface area contributed by atoms with Crippen LogP contribution in [0.4, 0.5) is 5.95 Å². The highest BCUT2D eigenvalue weighted by Gasteiger charge is 2.21. The standard InChI is InChI=1S/C17H23N5OS/c1-13-5-7-14(8-6-13)22-16(21-10-3-2-4-11-21)19-20-17(22)24-12-9-15(18)23/h5-8H,2-4,9-12H2,1H3,(H2,18,23). The van der Waals surface area contributed by atoms with Crippen molar-refractivity contribution < 1.29 is 4.79 Å². The number of amides is 1. The van der Waals surface area contributed by atoms with Gasteiger partial charge in [0.15, 0.2) is 5.16 Å². The van der Waals surface area contributed by atoms with Crippen LogP contribution in [-0.4, -0.2) is 39.5 Å². The minimum atomic E-state index is -0.292. The fraction of sp³-hybridized carbons (Fsp3) is 0.471. The van der Waals surface area contributed by atoms with Gasteiger partial charge in [0.1, 0.15) is 0 Å². The summed E-state index contributed by atoms with van der Waals surface area (Å²) in [4.78, 5) is 13.3. The van der Waals surface area contributed by atoms with Crippen LogP contribution in [-0.2, 0) is 4.79 Å². The summed E-state index contributed by atoms with van der Waals surface area (Å²) >= 11 is 1.52. The molecule has 0 aliphatic carbocycles. The molecule has 2 heterocycles. The number of nitrogens with zero attached hydrogens (tertiary/aromatic N) is 4. The fourth-order valence-electron chi connectivity index (χ4n) is 2.82. The number of aromatic nitrogens is 3. The summed E-state index contributed by atoms with van der Waals surface area (Å²) in [5, 5.41) is 9.61. The molecule has 0 atom stereocenters. The maximum absolute atomic E-state index is 11.0. The van der Waals surface area contributed by atoms with E-state index in [1.807, 2.05) is 0 Å². The van der Waals surface area contributed by atoms with Crippen molar-refractivity contribution in [1.29, 1.82) is 0 Å². The van der Waals surface area contributed by atoms with Crippen molar-refractivity contribution in [3.05, 3.63) is 29.8 Å². The zero-order chi connectivity index (χ0) is 16.9. The summed E-state index contributed by atoms with van der Waals surface area (Å²) in [6.45, 7) is 4.09. The number of carbonyl (C=O) groups excluding carboxylic acids is 1. The van der Waals surface area contributed by atoms with Crippen LogP contribution < -0.4 is 10.6 Å². The maximum atomic E-state index is 11.0. The smallest absolute Gasteiger partial charge is 0.232 e. The van der Waals surface area contributed by atoms with Gasteiger partial charge in [0.2, 0.25) is 11.9 Å². The minimum Gasteiger partial charge on any atom is -0.370 e. The number of thioether (sulfide) groups is 1. The van der Waals surface area contributed by atoms with Gasteiger partial charge in [-0.15, -0.1) is 10.2 Å². The van der Waals surface area contributed by atoms with E-state index in [4.69, 9.17) is 5.73 Å². The summed E-state index contributed by atoms with van der Waals surface area (Å²) in [5.74, 6) is 1.21. The fourth-order valence-corrected chi connectivity index (χ4v) is 3.72. The summed E-state index contributed by atoms with van der Waals surface area (Å²) in [5.41, 5.74) is 7.51. The molecule has 6 nitrogen and oxygen atoms in total. The molecule has 24 heavy (non-hydrogen) atoms.